The van der Waals surface area contributed by atoms with Crippen LogP contribution in [0.3, 0.4) is 0 Å². The Morgan fingerprint density at radius 1 is 1.40 bits per heavy atom. The van der Waals surface area contributed by atoms with Gasteiger partial charge in [0.2, 0.25) is 0 Å². The third-order valence-corrected chi connectivity index (χ3v) is 0.784. The maximum Gasteiger partial charge on any atom is 0.144 e. The first-order valence-electron chi connectivity index (χ1n) is 2.19. The Labute approximate surface area is 72.9 Å². The molecule has 3 nitrogen and oxygen atoms in total. The number of hydrogen-bond acceptors (Lipinski definition) is 2. The monoisotopic (exact) mass is 224 g/mol. The molecule has 1 aromatic rings. The Morgan fingerprint density at radius 3 is 2.30 bits per heavy atom. The quantitative estimate of drug-likeness (QED) is 0.347. The fourth-order valence-corrected chi connectivity index (χ4v) is 0.411. The van der Waals surface area contributed by atoms with Gasteiger partial charge in [0, 0.05) is 21.1 Å². The Kier molecular flexibility index (Phi) is 6.41. The van der Waals surface area contributed by atoms with E-state index in [0.29, 0.717) is 5.75 Å². The second-order valence-electron chi connectivity index (χ2n) is 1.44. The second kappa shape index (κ2) is 5.27. The van der Waals surface area contributed by atoms with Gasteiger partial charge in [-0.1, -0.05) is 12.1 Å². The minimum atomic E-state index is -0.166. The van der Waals surface area contributed by atoms with Gasteiger partial charge in [-0.3, -0.25) is 0 Å². The van der Waals surface area contributed by atoms with Crippen molar-refractivity contribution in [3.63, 3.8) is 0 Å². The molecule has 3 N–H and O–H groups in total. The summed E-state index contributed by atoms with van der Waals surface area (Å²) in [6.45, 7) is 0. The summed E-state index contributed by atoms with van der Waals surface area (Å²) in [5.74, 6) is 0.158. The molecule has 0 bridgehead atoms. The maximum absolute atomic E-state index is 10.3. The van der Waals surface area contributed by atoms with Crippen LogP contribution in [0, 0.1) is 6.07 Å². The van der Waals surface area contributed by atoms with Crippen molar-refractivity contribution in [3.05, 3.63) is 24.3 Å². The molecule has 1 aromatic carbocycles. The summed E-state index contributed by atoms with van der Waals surface area (Å²) in [4.78, 5) is 0. The maximum atomic E-state index is 10.3. The molecule has 0 aliphatic rings. The van der Waals surface area contributed by atoms with Gasteiger partial charge in [0.25, 0.3) is 0 Å². The molecule has 0 unspecified atom stereocenters. The summed E-state index contributed by atoms with van der Waals surface area (Å²) in [5.41, 5.74) is 0. The normalized spacial score (nSPS) is 7.20. The van der Waals surface area contributed by atoms with E-state index in [0.717, 1.165) is 0 Å². The van der Waals surface area contributed by atoms with E-state index in [1.54, 1.807) is 0 Å². The molecule has 0 saturated heterocycles. The van der Waals surface area contributed by atoms with Crippen molar-refractivity contribution >= 4 is 0 Å². The van der Waals surface area contributed by atoms with Crippen molar-refractivity contribution < 1.29 is 36.8 Å². The number of rotatable bonds is 0. The second-order valence-corrected chi connectivity index (χ2v) is 1.44. The topological polar surface area (TPSA) is 76.0 Å². The van der Waals surface area contributed by atoms with E-state index in [9.17, 15) is 5.11 Å². The van der Waals surface area contributed by atoms with Crippen LogP contribution < -0.4 is 5.11 Å². The molecular weight excluding hydrogens is 216 g/mol. The van der Waals surface area contributed by atoms with Crippen LogP contribution in [0.5, 0.6) is 11.5 Å². The molecule has 1 rings (SSSR count). The van der Waals surface area contributed by atoms with E-state index in [4.69, 9.17) is 5.11 Å². The van der Waals surface area contributed by atoms with Crippen molar-refractivity contribution in [2.24, 2.45) is 0 Å². The van der Waals surface area contributed by atoms with Crippen LogP contribution in [0.2, 0.25) is 0 Å². The van der Waals surface area contributed by atoms with Crippen molar-refractivity contribution in [2.45, 2.75) is 0 Å². The molecule has 56 valence electrons. The SMILES string of the molecule is [Mo].[O-]c1[c-]cc([OH2+])cc1.[OH-]. The molecular formula is C6H6MoO3-2. The fraction of sp³-hybridized carbons (Fsp3) is 0. The molecule has 0 atom stereocenters. The van der Waals surface area contributed by atoms with E-state index in [1.165, 1.54) is 18.2 Å². The van der Waals surface area contributed by atoms with E-state index in [-0.39, 0.29) is 32.3 Å². The smallest absolute Gasteiger partial charge is 0.144 e. The summed E-state index contributed by atoms with van der Waals surface area (Å²) in [5, 5.41) is 17.2. The zero-order valence-electron chi connectivity index (χ0n) is 5.00. The van der Waals surface area contributed by atoms with Crippen molar-refractivity contribution in [2.75, 3.05) is 0 Å². The van der Waals surface area contributed by atoms with Gasteiger partial charge in [-0.25, -0.2) is 5.75 Å². The van der Waals surface area contributed by atoms with Gasteiger partial charge in [-0.2, -0.15) is 12.1 Å². The van der Waals surface area contributed by atoms with Gasteiger partial charge in [0.05, 0.1) is 0 Å². The van der Waals surface area contributed by atoms with Crippen molar-refractivity contribution in [1.29, 1.82) is 0 Å². The van der Waals surface area contributed by atoms with Gasteiger partial charge >= 0.3 is 0 Å². The standard InChI is InChI=1S/C6H5O2.Mo.H2O/c7-5-1-2-6(8)4-3-5;;/h1-3,7-8H;;1H2/q-1;;/p-1. The van der Waals surface area contributed by atoms with E-state index in [2.05, 4.69) is 6.07 Å². The predicted octanol–water partition coefficient (Wildman–Crippen LogP) is -0.181. The minimum Gasteiger partial charge on any atom is -0.891 e. The first-order valence-corrected chi connectivity index (χ1v) is 2.19. The molecule has 0 aliphatic carbocycles. The molecule has 0 amide bonds. The fourth-order valence-electron chi connectivity index (χ4n) is 0.411. The average Bonchev–Trinajstić information content (AvgIpc) is 1.77. The zero-order chi connectivity index (χ0) is 5.98. The van der Waals surface area contributed by atoms with Crippen molar-refractivity contribution in [1.82, 2.24) is 0 Å². The average molecular weight is 222 g/mol. The summed E-state index contributed by atoms with van der Waals surface area (Å²) in [7, 11) is 0. The molecule has 0 saturated carbocycles. The van der Waals surface area contributed by atoms with Gasteiger partial charge < -0.3 is 15.7 Å². The van der Waals surface area contributed by atoms with Gasteiger partial charge in [-0.15, -0.1) is 0 Å². The molecule has 0 aliphatic heterocycles. The first-order chi connectivity index (χ1) is 3.79. The van der Waals surface area contributed by atoms with Crippen LogP contribution in [0.4, 0.5) is 0 Å². The van der Waals surface area contributed by atoms with Gasteiger partial charge in [0.1, 0.15) is 5.75 Å². The van der Waals surface area contributed by atoms with Crippen molar-refractivity contribution in [3.8, 4) is 11.5 Å². The Hall–Kier alpha value is -0.532. The minimum absolute atomic E-state index is 0. The van der Waals surface area contributed by atoms with Crippen LogP contribution in [0.15, 0.2) is 18.2 Å². The summed E-state index contributed by atoms with van der Waals surface area (Å²) >= 11 is 0. The Morgan fingerprint density at radius 2 is 2.00 bits per heavy atom. The van der Waals surface area contributed by atoms with E-state index >= 15 is 0 Å². The summed E-state index contributed by atoms with van der Waals surface area (Å²) in [6.07, 6.45) is 0. The molecule has 0 fully saturated rings. The van der Waals surface area contributed by atoms with Crippen LogP contribution >= 0.6 is 0 Å². The summed E-state index contributed by atoms with van der Waals surface area (Å²) < 4.78 is 0. The Bertz CT molecular complexity index is 152. The third-order valence-electron chi connectivity index (χ3n) is 0.784. The largest absolute Gasteiger partial charge is 0.891 e. The predicted molar refractivity (Wildman–Crippen MR) is 29.7 cm³/mol. The molecule has 4 heteroatoms. The molecule has 0 aromatic heterocycles. The zero-order valence-corrected chi connectivity index (χ0v) is 7.00. The van der Waals surface area contributed by atoms with Gasteiger partial charge in [-0.05, 0) is 0 Å². The number of hydrogen-bond donors (Lipinski definition) is 0. The van der Waals surface area contributed by atoms with Crippen LogP contribution in [-0.2, 0) is 21.1 Å². The number of benzene rings is 1. The van der Waals surface area contributed by atoms with Crippen LogP contribution in [0.25, 0.3) is 0 Å². The van der Waals surface area contributed by atoms with Crippen LogP contribution in [0.1, 0.15) is 0 Å². The van der Waals surface area contributed by atoms with E-state index in [1.807, 2.05) is 0 Å². The molecule has 0 radical (unpaired) electrons. The molecule has 0 spiro atoms. The summed E-state index contributed by atoms with van der Waals surface area (Å²) in [6, 6.07) is 6.47. The Balaban J connectivity index is 0. The van der Waals surface area contributed by atoms with Crippen LogP contribution in [-0.4, -0.2) is 10.6 Å². The molecule has 0 heterocycles. The van der Waals surface area contributed by atoms with E-state index < -0.39 is 0 Å². The third kappa shape index (κ3) is 3.49. The molecule has 10 heavy (non-hydrogen) atoms. The first kappa shape index (κ1) is 12.2. The van der Waals surface area contributed by atoms with Gasteiger partial charge in [0.15, 0.2) is 0 Å².